The van der Waals surface area contributed by atoms with Crippen molar-refractivity contribution in [2.45, 2.75) is 40.5 Å². The number of rotatable bonds is 6. The molecule has 0 bridgehead atoms. The van der Waals surface area contributed by atoms with Gasteiger partial charge in [0, 0.05) is 28.8 Å². The Labute approximate surface area is 186 Å². The summed E-state index contributed by atoms with van der Waals surface area (Å²) in [6.45, 7) is 7.79. The van der Waals surface area contributed by atoms with Crippen LogP contribution in [0, 0.1) is 0 Å². The fourth-order valence-corrected chi connectivity index (χ4v) is 3.57. The summed E-state index contributed by atoms with van der Waals surface area (Å²) in [6.07, 6.45) is 4.67. The molecule has 0 unspecified atom stereocenters. The van der Waals surface area contributed by atoms with Crippen LogP contribution in [0.4, 0.5) is 0 Å². The van der Waals surface area contributed by atoms with E-state index in [4.69, 9.17) is 9.15 Å². The Morgan fingerprint density at radius 1 is 0.906 bits per heavy atom. The van der Waals surface area contributed by atoms with Crippen LogP contribution in [0.1, 0.15) is 38.8 Å². The van der Waals surface area contributed by atoms with E-state index < -0.39 is 5.43 Å². The Kier molecular flexibility index (Phi) is 6.63. The lowest BCUT2D eigenvalue weighted by Gasteiger charge is -2.15. The van der Waals surface area contributed by atoms with Crippen molar-refractivity contribution in [2.24, 2.45) is 0 Å². The van der Waals surface area contributed by atoms with Crippen molar-refractivity contribution < 1.29 is 24.5 Å². The first-order valence-electron chi connectivity index (χ1n) is 10.3. The minimum absolute atomic E-state index is 0.0142. The summed E-state index contributed by atoms with van der Waals surface area (Å²) in [5, 5.41) is 31.1. The van der Waals surface area contributed by atoms with E-state index in [-0.39, 0.29) is 34.0 Å². The molecule has 1 heterocycles. The molecule has 2 aromatic carbocycles. The Hall–Kier alpha value is -3.67. The van der Waals surface area contributed by atoms with E-state index >= 15 is 0 Å². The van der Waals surface area contributed by atoms with E-state index in [1.165, 1.54) is 19.2 Å². The topological polar surface area (TPSA) is 100 Å². The minimum atomic E-state index is -0.433. The third-order valence-electron chi connectivity index (χ3n) is 5.20. The average molecular weight is 437 g/mol. The third-order valence-corrected chi connectivity index (χ3v) is 5.20. The van der Waals surface area contributed by atoms with Gasteiger partial charge in [0.1, 0.15) is 28.2 Å². The molecule has 0 aliphatic carbocycles. The van der Waals surface area contributed by atoms with Gasteiger partial charge >= 0.3 is 0 Å². The molecule has 32 heavy (non-hydrogen) atoms. The molecule has 0 radical (unpaired) electrons. The first-order chi connectivity index (χ1) is 15.1. The number of allylic oxidation sites excluding steroid dienone is 4. The van der Waals surface area contributed by atoms with Crippen molar-refractivity contribution in [2.75, 3.05) is 7.11 Å². The largest absolute Gasteiger partial charge is 0.507 e. The lowest BCUT2D eigenvalue weighted by atomic mass is 9.98. The summed E-state index contributed by atoms with van der Waals surface area (Å²) in [5.41, 5.74) is 3.46. The van der Waals surface area contributed by atoms with Crippen LogP contribution in [-0.2, 0) is 12.8 Å². The van der Waals surface area contributed by atoms with E-state index in [2.05, 4.69) is 0 Å². The molecule has 0 fully saturated rings. The van der Waals surface area contributed by atoms with Crippen molar-refractivity contribution >= 4 is 11.0 Å². The number of phenols is 3. The second kappa shape index (κ2) is 9.22. The van der Waals surface area contributed by atoms with Crippen molar-refractivity contribution in [3.63, 3.8) is 0 Å². The van der Waals surface area contributed by atoms with E-state index in [1.54, 1.807) is 6.07 Å². The summed E-state index contributed by atoms with van der Waals surface area (Å²) >= 11 is 0. The van der Waals surface area contributed by atoms with E-state index in [1.807, 2.05) is 39.8 Å². The zero-order valence-corrected chi connectivity index (χ0v) is 18.9. The molecule has 0 aliphatic rings. The normalized spacial score (nSPS) is 10.8. The summed E-state index contributed by atoms with van der Waals surface area (Å²) in [5.74, 6) is 0.0383. The summed E-state index contributed by atoms with van der Waals surface area (Å²) in [7, 11) is 1.47. The van der Waals surface area contributed by atoms with Crippen LogP contribution < -0.4 is 10.2 Å². The Bertz CT molecular complexity index is 1290. The number of hydrogen-bond donors (Lipinski definition) is 3. The minimum Gasteiger partial charge on any atom is -0.507 e. The zero-order valence-electron chi connectivity index (χ0n) is 18.9. The van der Waals surface area contributed by atoms with Crippen molar-refractivity contribution in [1.82, 2.24) is 0 Å². The molecule has 0 atom stereocenters. The van der Waals surface area contributed by atoms with Gasteiger partial charge in [-0.1, -0.05) is 23.3 Å². The smallest absolute Gasteiger partial charge is 0.197 e. The van der Waals surface area contributed by atoms with Gasteiger partial charge < -0.3 is 24.5 Å². The van der Waals surface area contributed by atoms with E-state index in [0.29, 0.717) is 35.3 Å². The first kappa shape index (κ1) is 23.0. The molecule has 3 aromatic rings. The Balaban J connectivity index is 2.36. The molecule has 3 N–H and O–H groups in total. The molecule has 0 aliphatic heterocycles. The summed E-state index contributed by atoms with van der Waals surface area (Å²) < 4.78 is 11.6. The van der Waals surface area contributed by atoms with Crippen LogP contribution in [0.15, 0.2) is 56.8 Å². The van der Waals surface area contributed by atoms with E-state index in [0.717, 1.165) is 17.2 Å². The highest BCUT2D eigenvalue weighted by atomic mass is 16.5. The fraction of sp³-hybridized carbons (Fsp3) is 0.269. The predicted molar refractivity (Wildman–Crippen MR) is 126 cm³/mol. The number of ether oxygens (including phenoxy) is 1. The van der Waals surface area contributed by atoms with Gasteiger partial charge in [-0.3, -0.25) is 4.79 Å². The monoisotopic (exact) mass is 436 g/mol. The molecule has 1 aromatic heterocycles. The molecule has 3 rings (SSSR count). The van der Waals surface area contributed by atoms with Gasteiger partial charge in [-0.15, -0.1) is 0 Å². The first-order valence-corrected chi connectivity index (χ1v) is 10.3. The number of hydrogen-bond acceptors (Lipinski definition) is 6. The van der Waals surface area contributed by atoms with Gasteiger partial charge in [0.2, 0.25) is 0 Å². The maximum atomic E-state index is 13.0. The van der Waals surface area contributed by atoms with Gasteiger partial charge in [-0.2, -0.15) is 0 Å². The molecule has 6 nitrogen and oxygen atoms in total. The molecule has 0 saturated heterocycles. The second-order valence-corrected chi connectivity index (χ2v) is 8.19. The van der Waals surface area contributed by atoms with Crippen LogP contribution >= 0.6 is 0 Å². The fourth-order valence-electron chi connectivity index (χ4n) is 3.57. The number of fused-ring (bicyclic) bond motifs is 1. The van der Waals surface area contributed by atoms with Gasteiger partial charge in [0.05, 0.1) is 7.11 Å². The summed E-state index contributed by atoms with van der Waals surface area (Å²) in [6, 6.07) is 5.61. The van der Waals surface area contributed by atoms with Crippen LogP contribution in [-0.4, -0.2) is 22.4 Å². The maximum Gasteiger partial charge on any atom is 0.197 e. The molecule has 0 saturated carbocycles. The molecular formula is C26H28O6. The highest BCUT2D eigenvalue weighted by Crippen LogP contribution is 2.40. The van der Waals surface area contributed by atoms with Crippen LogP contribution in [0.2, 0.25) is 0 Å². The van der Waals surface area contributed by atoms with Gasteiger partial charge in [-0.25, -0.2) is 0 Å². The number of aromatic hydroxyl groups is 3. The maximum absolute atomic E-state index is 13.0. The highest BCUT2D eigenvalue weighted by Gasteiger charge is 2.21. The molecule has 168 valence electrons. The average Bonchev–Trinajstić information content (AvgIpc) is 2.71. The lowest BCUT2D eigenvalue weighted by Crippen LogP contribution is -2.04. The van der Waals surface area contributed by atoms with E-state index in [9.17, 15) is 20.1 Å². The van der Waals surface area contributed by atoms with Gasteiger partial charge in [0.25, 0.3) is 0 Å². The predicted octanol–water partition coefficient (Wildman–Crippen LogP) is 5.60. The molecule has 0 amide bonds. The van der Waals surface area contributed by atoms with Gasteiger partial charge in [-0.05, 0) is 52.7 Å². The quantitative estimate of drug-likeness (QED) is 0.435. The molecular weight excluding hydrogens is 408 g/mol. The molecule has 0 spiro atoms. The Morgan fingerprint density at radius 3 is 2.12 bits per heavy atom. The number of phenolic OH excluding ortho intramolecular Hbond substituents is 3. The van der Waals surface area contributed by atoms with Gasteiger partial charge in [0.15, 0.2) is 16.9 Å². The van der Waals surface area contributed by atoms with Crippen LogP contribution in [0.5, 0.6) is 23.0 Å². The lowest BCUT2D eigenvalue weighted by molar-refractivity contribution is 0.370. The van der Waals surface area contributed by atoms with Crippen LogP contribution in [0.3, 0.4) is 0 Å². The number of methoxy groups -OCH3 is 1. The van der Waals surface area contributed by atoms with Crippen LogP contribution in [0.25, 0.3) is 22.3 Å². The Morgan fingerprint density at radius 2 is 1.53 bits per heavy atom. The van der Waals surface area contributed by atoms with Crippen molar-refractivity contribution in [1.29, 1.82) is 0 Å². The highest BCUT2D eigenvalue weighted by molar-refractivity contribution is 5.89. The standard InChI is InChI=1S/C26H28O6/c1-14(2)6-8-17-16(10-11-19(27)25(17)31-5)23-13-22(30)24-21(29)12-20(28)18(26(24)32-23)9-7-15(3)4/h6-7,10-13,27-29H,8-9H2,1-5H3. The molecule has 6 heteroatoms. The SMILES string of the molecule is COc1c(O)ccc(-c2cc(=O)c3c(O)cc(O)c(CC=C(C)C)c3o2)c1CC=C(C)C. The zero-order chi connectivity index (χ0) is 23.6. The van der Waals surface area contributed by atoms with Crippen molar-refractivity contribution in [3.8, 4) is 34.3 Å². The third kappa shape index (κ3) is 4.49. The number of benzene rings is 2. The second-order valence-electron chi connectivity index (χ2n) is 8.19. The summed E-state index contributed by atoms with van der Waals surface area (Å²) in [4.78, 5) is 13.0. The van der Waals surface area contributed by atoms with Crippen molar-refractivity contribution in [3.05, 3.63) is 68.9 Å².